The second-order valence-electron chi connectivity index (χ2n) is 17.4. The van der Waals surface area contributed by atoms with Gasteiger partial charge in [0, 0.05) is 63.9 Å². The Hall–Kier alpha value is -3.57. The smallest absolute Gasteiger partial charge is 0.164 e. The third-order valence-corrected chi connectivity index (χ3v) is 13.0. The van der Waals surface area contributed by atoms with Crippen LogP contribution >= 0.6 is 11.3 Å². The molecule has 0 spiro atoms. The van der Waals surface area contributed by atoms with Gasteiger partial charge in [0.1, 0.15) is 21.9 Å². The van der Waals surface area contributed by atoms with Crippen molar-refractivity contribution < 1.29 is 34.4 Å². The first-order valence-electron chi connectivity index (χ1n) is 20.2. The zero-order valence-electron chi connectivity index (χ0n) is 35.9. The molecule has 0 aliphatic heterocycles. The molecule has 3 aromatic carbocycles. The normalized spacial score (nSPS) is 12.6. The number of allylic oxidation sites excluding steroid dienone is 2. The molecule has 0 atom stereocenters. The number of nitrogens with zero attached hydrogens (tertiary/aromatic N) is 1. The number of thiophene rings is 1. The summed E-state index contributed by atoms with van der Waals surface area (Å²) in [7, 11) is 0. The van der Waals surface area contributed by atoms with Crippen molar-refractivity contribution in [2.75, 3.05) is 0 Å². The number of aromatic nitrogens is 1. The average molecular weight is 949 g/mol. The molecular weight excluding hydrogens is 887 g/mol. The molecule has 3 heterocycles. The summed E-state index contributed by atoms with van der Waals surface area (Å²) in [6.07, 6.45) is 5.77. The van der Waals surface area contributed by atoms with E-state index in [1.54, 1.807) is 11.3 Å². The zero-order valence-corrected chi connectivity index (χ0v) is 39.1. The van der Waals surface area contributed by atoms with Crippen LogP contribution in [-0.2, 0) is 36.7 Å². The fraction of sp³-hybridized carbons (Fsp3) is 0.440. The van der Waals surface area contributed by atoms with Crippen LogP contribution < -0.4 is 0 Å². The Kier molecular flexibility index (Phi) is 14.4. The predicted molar refractivity (Wildman–Crippen MR) is 236 cm³/mol. The number of pyridine rings is 1. The molecule has 0 aliphatic carbocycles. The van der Waals surface area contributed by atoms with E-state index >= 15 is 0 Å². The molecule has 0 amide bonds. The summed E-state index contributed by atoms with van der Waals surface area (Å²) in [5.74, 6) is 1.88. The number of furan rings is 1. The third-order valence-electron chi connectivity index (χ3n) is 12.0. The van der Waals surface area contributed by atoms with E-state index in [0.717, 1.165) is 64.9 Å². The molecule has 301 valence electrons. The molecule has 0 fully saturated rings. The molecule has 4 nitrogen and oxygen atoms in total. The summed E-state index contributed by atoms with van der Waals surface area (Å²) in [5.41, 5.74) is 7.44. The van der Waals surface area contributed by atoms with Crippen molar-refractivity contribution in [2.24, 2.45) is 16.7 Å². The van der Waals surface area contributed by atoms with E-state index in [0.29, 0.717) is 5.92 Å². The Morgan fingerprint density at radius 1 is 0.857 bits per heavy atom. The molecule has 1 radical (unpaired) electrons. The van der Waals surface area contributed by atoms with Gasteiger partial charge in [0.05, 0.1) is 0 Å². The maximum atomic E-state index is 12.2. The van der Waals surface area contributed by atoms with Crippen molar-refractivity contribution in [3.05, 3.63) is 100 Å². The van der Waals surface area contributed by atoms with E-state index in [9.17, 15) is 9.90 Å². The Morgan fingerprint density at radius 3 is 2.11 bits per heavy atom. The number of fused-ring (bicyclic) bond motifs is 3. The Labute approximate surface area is 353 Å². The summed E-state index contributed by atoms with van der Waals surface area (Å²) in [5, 5.41) is 15.0. The van der Waals surface area contributed by atoms with E-state index in [1.165, 1.54) is 49.4 Å². The van der Waals surface area contributed by atoms with Crippen molar-refractivity contribution in [3.63, 3.8) is 0 Å². The van der Waals surface area contributed by atoms with Gasteiger partial charge in [-0.1, -0.05) is 117 Å². The molecule has 6 heteroatoms. The monoisotopic (exact) mass is 949 g/mol. The van der Waals surface area contributed by atoms with Crippen LogP contribution in [0.25, 0.3) is 54.3 Å². The van der Waals surface area contributed by atoms with Gasteiger partial charge in [-0.2, -0.15) is 0 Å². The van der Waals surface area contributed by atoms with Gasteiger partial charge in [-0.05, 0) is 86.6 Å². The fourth-order valence-corrected chi connectivity index (χ4v) is 8.19. The Morgan fingerprint density at radius 2 is 1.50 bits per heavy atom. The molecule has 6 aromatic rings. The minimum Gasteiger partial charge on any atom is -0.512 e. The molecule has 3 aromatic heterocycles. The summed E-state index contributed by atoms with van der Waals surface area (Å²) in [6.45, 7) is 27.7. The molecule has 0 saturated carbocycles. The number of carbonyl (C=O) groups is 1. The number of aryl methyl sites for hydroxylation is 2. The van der Waals surface area contributed by atoms with Crippen molar-refractivity contribution in [2.45, 2.75) is 128 Å². The van der Waals surface area contributed by atoms with Crippen molar-refractivity contribution >= 4 is 49.1 Å². The van der Waals surface area contributed by atoms with Crippen LogP contribution in [0.5, 0.6) is 0 Å². The number of aliphatic hydroxyl groups is 1. The molecule has 0 saturated heterocycles. The number of ketones is 1. The van der Waals surface area contributed by atoms with Crippen LogP contribution in [0.15, 0.2) is 76.9 Å². The predicted octanol–water partition coefficient (Wildman–Crippen LogP) is 15.1. The molecule has 56 heavy (non-hydrogen) atoms. The third kappa shape index (κ3) is 9.41. The second kappa shape index (κ2) is 17.9. The molecule has 0 aliphatic rings. The maximum Gasteiger partial charge on any atom is 0.164 e. The number of aliphatic hydroxyl groups excluding tert-OH is 1. The number of hydrogen-bond acceptors (Lipinski definition) is 5. The van der Waals surface area contributed by atoms with Crippen LogP contribution in [0.2, 0.25) is 0 Å². The van der Waals surface area contributed by atoms with E-state index in [4.69, 9.17) is 9.40 Å². The first-order chi connectivity index (χ1) is 25.9. The summed E-state index contributed by atoms with van der Waals surface area (Å²) in [4.78, 5) is 19.7. The van der Waals surface area contributed by atoms with E-state index in [-0.39, 0.29) is 47.9 Å². The summed E-state index contributed by atoms with van der Waals surface area (Å²) in [6, 6.07) is 25.7. The standard InChI is InChI=1S/C35H34NOS.C15H28O2.Ir/c1-20(2)14-27-22(4)37-33-13-12-24(17-29(27)33)28-19-32(36-34-30(28)15-21(3)38-34)25-16-23-10-8-9-11-26(23)31(18-25)35(5,6)7;1-7-14(5,8-2)12(16)11-13(17)15(6,9-3)10-4;/h8-13,15,17-20H,14H2,1-7H3;11,16H,7-10H2,1-6H3;/q-1;;/b;12-11-;. The molecule has 1 N–H and O–H groups in total. The molecule has 6 rings (SSSR count). The van der Waals surface area contributed by atoms with Gasteiger partial charge in [-0.25, -0.2) is 0 Å². The molecule has 0 unspecified atom stereocenters. The molecular formula is C50H62IrNO3S-. The summed E-state index contributed by atoms with van der Waals surface area (Å²) >= 11 is 1.76. The van der Waals surface area contributed by atoms with Gasteiger partial charge in [-0.3, -0.25) is 9.78 Å². The van der Waals surface area contributed by atoms with Crippen LogP contribution in [0.3, 0.4) is 0 Å². The quantitative estimate of drug-likeness (QED) is 0.0798. The summed E-state index contributed by atoms with van der Waals surface area (Å²) < 4.78 is 6.15. The number of carbonyl (C=O) groups excluding carboxylic acids is 1. The van der Waals surface area contributed by atoms with Gasteiger partial charge in [0.15, 0.2) is 5.78 Å². The maximum absolute atomic E-state index is 12.2. The van der Waals surface area contributed by atoms with Crippen molar-refractivity contribution in [3.8, 4) is 22.4 Å². The van der Waals surface area contributed by atoms with Gasteiger partial charge >= 0.3 is 0 Å². The number of benzene rings is 3. The number of rotatable bonds is 11. The van der Waals surface area contributed by atoms with E-state index in [1.807, 2.05) is 41.5 Å². The van der Waals surface area contributed by atoms with Crippen LogP contribution in [-0.4, -0.2) is 15.9 Å². The SMILES string of the molecule is CCC(C)(CC)C(=O)/C=C(\O)C(C)(CC)CC.Cc1cc2c(-c3ccc4oc(C)c(CC(C)C)c4c3)cc(-c3[c-]c4ccccc4c(C(C)(C)C)c3)nc2s1.[Ir]. The van der Waals surface area contributed by atoms with Crippen LogP contribution in [0.4, 0.5) is 0 Å². The van der Waals surface area contributed by atoms with Crippen molar-refractivity contribution in [1.82, 2.24) is 4.98 Å². The van der Waals surface area contributed by atoms with Gasteiger partial charge < -0.3 is 9.52 Å². The number of hydrogen-bond donors (Lipinski definition) is 1. The van der Waals surface area contributed by atoms with Gasteiger partial charge in [0.25, 0.3) is 0 Å². The largest absolute Gasteiger partial charge is 0.512 e. The van der Waals surface area contributed by atoms with Gasteiger partial charge in [0.2, 0.25) is 0 Å². The first kappa shape index (κ1) is 45.1. The van der Waals surface area contributed by atoms with E-state index in [2.05, 4.69) is 115 Å². The van der Waals surface area contributed by atoms with Crippen LogP contribution in [0.1, 0.15) is 124 Å². The fourth-order valence-electron chi connectivity index (χ4n) is 7.28. The minimum absolute atomic E-state index is 0. The Bertz CT molecular complexity index is 2340. The van der Waals surface area contributed by atoms with Crippen molar-refractivity contribution in [1.29, 1.82) is 0 Å². The first-order valence-corrected chi connectivity index (χ1v) is 21.0. The van der Waals surface area contributed by atoms with Gasteiger partial charge in [-0.15, -0.1) is 40.5 Å². The second-order valence-corrected chi connectivity index (χ2v) is 18.6. The average Bonchev–Trinajstić information content (AvgIpc) is 3.69. The minimum atomic E-state index is -0.337. The van der Waals surface area contributed by atoms with E-state index < -0.39 is 0 Å². The zero-order chi connectivity index (χ0) is 40.5. The Balaban J connectivity index is 0.000000330. The topological polar surface area (TPSA) is 63.3 Å². The molecule has 0 bridgehead atoms. The van der Waals surface area contributed by atoms with Crippen LogP contribution in [0, 0.1) is 36.7 Å².